The van der Waals surface area contributed by atoms with Crippen LogP contribution < -0.4 is 5.32 Å². The molecule has 0 atom stereocenters. The van der Waals surface area contributed by atoms with Gasteiger partial charge in [-0.3, -0.25) is 0 Å². The van der Waals surface area contributed by atoms with Crippen LogP contribution in [0.3, 0.4) is 0 Å². The van der Waals surface area contributed by atoms with Gasteiger partial charge in [-0.15, -0.1) is 0 Å². The number of rotatable bonds is 4. The van der Waals surface area contributed by atoms with E-state index in [9.17, 15) is 5.11 Å². The first kappa shape index (κ1) is 11.1. The van der Waals surface area contributed by atoms with Crippen molar-refractivity contribution in [2.75, 3.05) is 11.9 Å². The molecule has 0 spiro atoms. The van der Waals surface area contributed by atoms with Crippen LogP contribution in [-0.2, 0) is 6.42 Å². The maximum atomic E-state index is 9.52. The molecule has 0 fully saturated rings. The molecule has 78 valence electrons. The lowest BCUT2D eigenvalue weighted by Crippen LogP contribution is -2.29. The summed E-state index contributed by atoms with van der Waals surface area (Å²) in [5, 5.41) is 12.7. The zero-order valence-corrected chi connectivity index (χ0v) is 9.17. The van der Waals surface area contributed by atoms with Crippen molar-refractivity contribution >= 4 is 5.69 Å². The highest BCUT2D eigenvalue weighted by atomic mass is 16.3. The van der Waals surface area contributed by atoms with Gasteiger partial charge in [-0.1, -0.05) is 19.1 Å². The van der Waals surface area contributed by atoms with Crippen molar-refractivity contribution in [2.45, 2.75) is 32.8 Å². The van der Waals surface area contributed by atoms with Crippen molar-refractivity contribution in [3.63, 3.8) is 0 Å². The molecule has 0 unspecified atom stereocenters. The summed E-state index contributed by atoms with van der Waals surface area (Å²) in [6, 6.07) is 8.30. The van der Waals surface area contributed by atoms with E-state index in [0.29, 0.717) is 6.54 Å². The number of hydrogen-bond donors (Lipinski definition) is 2. The van der Waals surface area contributed by atoms with Crippen LogP contribution in [0.2, 0.25) is 0 Å². The SMILES string of the molecule is CCc1ccc(NCC(C)(C)O)cc1. The Morgan fingerprint density at radius 1 is 1.21 bits per heavy atom. The average Bonchev–Trinajstić information content (AvgIpc) is 2.14. The number of aliphatic hydroxyl groups is 1. The summed E-state index contributed by atoms with van der Waals surface area (Å²) in [5.41, 5.74) is 1.73. The van der Waals surface area contributed by atoms with Crippen molar-refractivity contribution < 1.29 is 5.11 Å². The zero-order valence-electron chi connectivity index (χ0n) is 9.17. The lowest BCUT2D eigenvalue weighted by molar-refractivity contribution is 0.0945. The summed E-state index contributed by atoms with van der Waals surface area (Å²) >= 11 is 0. The van der Waals surface area contributed by atoms with E-state index in [2.05, 4.69) is 24.4 Å². The van der Waals surface area contributed by atoms with E-state index in [1.807, 2.05) is 12.1 Å². The summed E-state index contributed by atoms with van der Waals surface area (Å²) in [6.45, 7) is 6.29. The molecule has 2 N–H and O–H groups in total. The van der Waals surface area contributed by atoms with Crippen molar-refractivity contribution in [3.8, 4) is 0 Å². The molecular weight excluding hydrogens is 174 g/mol. The number of nitrogens with one attached hydrogen (secondary N) is 1. The molecule has 0 aromatic heterocycles. The van der Waals surface area contributed by atoms with E-state index < -0.39 is 5.60 Å². The van der Waals surface area contributed by atoms with Gasteiger partial charge in [0.1, 0.15) is 0 Å². The molecule has 0 saturated carbocycles. The monoisotopic (exact) mass is 193 g/mol. The van der Waals surface area contributed by atoms with Crippen LogP contribution in [0, 0.1) is 0 Å². The summed E-state index contributed by atoms with van der Waals surface area (Å²) in [4.78, 5) is 0. The van der Waals surface area contributed by atoms with Gasteiger partial charge < -0.3 is 10.4 Å². The largest absolute Gasteiger partial charge is 0.389 e. The summed E-state index contributed by atoms with van der Waals surface area (Å²) in [7, 11) is 0. The summed E-state index contributed by atoms with van der Waals surface area (Å²) in [6.07, 6.45) is 1.06. The number of aryl methyl sites for hydroxylation is 1. The van der Waals surface area contributed by atoms with E-state index in [4.69, 9.17) is 0 Å². The highest BCUT2D eigenvalue weighted by Gasteiger charge is 2.11. The third-order valence-corrected chi connectivity index (χ3v) is 2.09. The van der Waals surface area contributed by atoms with E-state index >= 15 is 0 Å². The van der Waals surface area contributed by atoms with Gasteiger partial charge in [0, 0.05) is 12.2 Å². The molecule has 0 aliphatic heterocycles. The van der Waals surface area contributed by atoms with Crippen LogP contribution in [0.4, 0.5) is 5.69 Å². The van der Waals surface area contributed by atoms with Crippen LogP contribution in [0.15, 0.2) is 24.3 Å². The minimum absolute atomic E-state index is 0.568. The Morgan fingerprint density at radius 3 is 2.21 bits per heavy atom. The predicted octanol–water partition coefficient (Wildman–Crippen LogP) is 2.43. The molecule has 0 bridgehead atoms. The Balaban J connectivity index is 2.52. The highest BCUT2D eigenvalue weighted by Crippen LogP contribution is 2.11. The minimum atomic E-state index is -0.663. The average molecular weight is 193 g/mol. The Labute approximate surface area is 86.0 Å². The van der Waals surface area contributed by atoms with E-state index in [1.165, 1.54) is 5.56 Å². The van der Waals surface area contributed by atoms with Gasteiger partial charge in [-0.25, -0.2) is 0 Å². The lowest BCUT2D eigenvalue weighted by atomic mass is 10.1. The summed E-state index contributed by atoms with van der Waals surface area (Å²) in [5.74, 6) is 0. The van der Waals surface area contributed by atoms with Crippen LogP contribution >= 0.6 is 0 Å². The Bertz CT molecular complexity index is 271. The van der Waals surface area contributed by atoms with E-state index in [1.54, 1.807) is 13.8 Å². The topological polar surface area (TPSA) is 32.3 Å². The Kier molecular flexibility index (Phi) is 3.53. The van der Waals surface area contributed by atoms with Crippen LogP contribution in [-0.4, -0.2) is 17.3 Å². The fraction of sp³-hybridized carbons (Fsp3) is 0.500. The molecule has 2 heteroatoms. The number of anilines is 1. The second-order valence-electron chi connectivity index (χ2n) is 4.22. The molecule has 1 rings (SSSR count). The van der Waals surface area contributed by atoms with Crippen LogP contribution in [0.1, 0.15) is 26.3 Å². The molecule has 1 aromatic rings. The number of benzene rings is 1. The third kappa shape index (κ3) is 3.79. The zero-order chi connectivity index (χ0) is 10.6. The first-order chi connectivity index (χ1) is 6.51. The quantitative estimate of drug-likeness (QED) is 0.769. The number of hydrogen-bond acceptors (Lipinski definition) is 2. The summed E-state index contributed by atoms with van der Waals surface area (Å²) < 4.78 is 0. The maximum absolute atomic E-state index is 9.52. The van der Waals surface area contributed by atoms with Crippen LogP contribution in [0.25, 0.3) is 0 Å². The maximum Gasteiger partial charge on any atom is 0.0763 e. The molecule has 0 aliphatic rings. The lowest BCUT2D eigenvalue weighted by Gasteiger charge is -2.18. The second kappa shape index (κ2) is 4.47. The van der Waals surface area contributed by atoms with Gasteiger partial charge in [0.2, 0.25) is 0 Å². The molecule has 0 radical (unpaired) electrons. The first-order valence-electron chi connectivity index (χ1n) is 5.06. The fourth-order valence-electron chi connectivity index (χ4n) is 1.18. The van der Waals surface area contributed by atoms with Crippen molar-refractivity contribution in [2.24, 2.45) is 0 Å². The minimum Gasteiger partial charge on any atom is -0.389 e. The van der Waals surface area contributed by atoms with Crippen molar-refractivity contribution in [1.29, 1.82) is 0 Å². The van der Waals surface area contributed by atoms with Crippen molar-refractivity contribution in [3.05, 3.63) is 29.8 Å². The van der Waals surface area contributed by atoms with E-state index in [-0.39, 0.29) is 0 Å². The molecule has 0 saturated heterocycles. The predicted molar refractivity (Wildman–Crippen MR) is 60.6 cm³/mol. The Morgan fingerprint density at radius 2 is 1.79 bits per heavy atom. The van der Waals surface area contributed by atoms with Gasteiger partial charge in [0.25, 0.3) is 0 Å². The molecule has 2 nitrogen and oxygen atoms in total. The molecule has 0 aliphatic carbocycles. The van der Waals surface area contributed by atoms with Crippen LogP contribution in [0.5, 0.6) is 0 Å². The highest BCUT2D eigenvalue weighted by molar-refractivity contribution is 5.44. The molecule has 0 heterocycles. The van der Waals surface area contributed by atoms with Gasteiger partial charge in [-0.2, -0.15) is 0 Å². The first-order valence-corrected chi connectivity index (χ1v) is 5.06. The van der Waals surface area contributed by atoms with E-state index in [0.717, 1.165) is 12.1 Å². The third-order valence-electron chi connectivity index (χ3n) is 2.09. The van der Waals surface area contributed by atoms with Gasteiger partial charge in [0.05, 0.1) is 5.60 Å². The van der Waals surface area contributed by atoms with Gasteiger partial charge in [-0.05, 0) is 38.0 Å². The second-order valence-corrected chi connectivity index (χ2v) is 4.22. The normalized spacial score (nSPS) is 11.4. The molecule has 0 amide bonds. The van der Waals surface area contributed by atoms with Gasteiger partial charge in [0.15, 0.2) is 0 Å². The Hall–Kier alpha value is -1.02. The smallest absolute Gasteiger partial charge is 0.0763 e. The molecule has 14 heavy (non-hydrogen) atoms. The fourth-order valence-corrected chi connectivity index (χ4v) is 1.18. The molecular formula is C12H19NO. The standard InChI is InChI=1S/C12H19NO/c1-4-10-5-7-11(8-6-10)13-9-12(2,3)14/h5-8,13-14H,4,9H2,1-3H3. The van der Waals surface area contributed by atoms with Gasteiger partial charge >= 0.3 is 0 Å². The molecule has 1 aromatic carbocycles. The van der Waals surface area contributed by atoms with Crippen molar-refractivity contribution in [1.82, 2.24) is 0 Å².